The molecule has 0 aliphatic carbocycles. The standard InChI is InChI=1S/C18H16N6/c1-2-12-4-3-5-14(8-12)23-18-19-7-6-15(24-18)13-9-16-17(20-10-13)22-11-21-16/h3-11H,2H2,1H3,(H,19,23,24)(H,20,21,22). The average molecular weight is 316 g/mol. The van der Waals surface area contributed by atoms with Crippen molar-refractivity contribution in [3.05, 3.63) is 60.7 Å². The molecule has 0 saturated heterocycles. The van der Waals surface area contributed by atoms with Crippen LogP contribution in [-0.2, 0) is 6.42 Å². The van der Waals surface area contributed by atoms with Crippen molar-refractivity contribution in [3.8, 4) is 11.3 Å². The molecule has 6 heteroatoms. The minimum Gasteiger partial charge on any atom is -0.343 e. The van der Waals surface area contributed by atoms with Gasteiger partial charge in [0.1, 0.15) is 0 Å². The summed E-state index contributed by atoms with van der Waals surface area (Å²) in [6.45, 7) is 2.13. The van der Waals surface area contributed by atoms with Crippen LogP contribution >= 0.6 is 0 Å². The Balaban J connectivity index is 1.65. The normalized spacial score (nSPS) is 10.9. The highest BCUT2D eigenvalue weighted by Crippen LogP contribution is 2.21. The van der Waals surface area contributed by atoms with Gasteiger partial charge in [0.25, 0.3) is 0 Å². The second-order valence-electron chi connectivity index (χ2n) is 5.44. The van der Waals surface area contributed by atoms with E-state index in [1.54, 1.807) is 18.7 Å². The van der Waals surface area contributed by atoms with Gasteiger partial charge in [-0.25, -0.2) is 19.9 Å². The maximum absolute atomic E-state index is 4.59. The summed E-state index contributed by atoms with van der Waals surface area (Å²) in [4.78, 5) is 20.4. The van der Waals surface area contributed by atoms with Crippen LogP contribution in [-0.4, -0.2) is 24.9 Å². The predicted octanol–water partition coefficient (Wildman–Crippen LogP) is 3.72. The molecule has 0 spiro atoms. The molecule has 0 atom stereocenters. The lowest BCUT2D eigenvalue weighted by Gasteiger charge is -2.08. The minimum absolute atomic E-state index is 0.561. The van der Waals surface area contributed by atoms with E-state index in [9.17, 15) is 0 Å². The van der Waals surface area contributed by atoms with Crippen LogP contribution in [0.25, 0.3) is 22.4 Å². The number of pyridine rings is 1. The van der Waals surface area contributed by atoms with Crippen LogP contribution in [0.2, 0.25) is 0 Å². The van der Waals surface area contributed by atoms with Gasteiger partial charge in [-0.3, -0.25) is 0 Å². The Morgan fingerprint density at radius 2 is 2.04 bits per heavy atom. The quantitative estimate of drug-likeness (QED) is 0.600. The molecule has 0 aliphatic heterocycles. The van der Waals surface area contributed by atoms with Crippen molar-refractivity contribution in [1.82, 2.24) is 24.9 Å². The molecule has 0 saturated carbocycles. The van der Waals surface area contributed by atoms with E-state index in [2.05, 4.69) is 49.3 Å². The van der Waals surface area contributed by atoms with Gasteiger partial charge in [-0.1, -0.05) is 19.1 Å². The van der Waals surface area contributed by atoms with Crippen molar-refractivity contribution in [1.29, 1.82) is 0 Å². The molecule has 2 N–H and O–H groups in total. The number of anilines is 2. The number of hydrogen-bond acceptors (Lipinski definition) is 5. The lowest BCUT2D eigenvalue weighted by Crippen LogP contribution is -1.98. The van der Waals surface area contributed by atoms with E-state index in [4.69, 9.17) is 0 Å². The van der Waals surface area contributed by atoms with Gasteiger partial charge in [0.05, 0.1) is 17.5 Å². The summed E-state index contributed by atoms with van der Waals surface area (Å²) in [6, 6.07) is 12.1. The number of H-pyrrole nitrogens is 1. The first-order chi connectivity index (χ1) is 11.8. The van der Waals surface area contributed by atoms with Crippen molar-refractivity contribution in [2.45, 2.75) is 13.3 Å². The third kappa shape index (κ3) is 2.81. The second-order valence-corrected chi connectivity index (χ2v) is 5.44. The zero-order valence-corrected chi connectivity index (χ0v) is 13.2. The number of rotatable bonds is 4. The van der Waals surface area contributed by atoms with Crippen LogP contribution in [0.1, 0.15) is 12.5 Å². The first kappa shape index (κ1) is 14.3. The number of aromatic amines is 1. The van der Waals surface area contributed by atoms with E-state index >= 15 is 0 Å². The summed E-state index contributed by atoms with van der Waals surface area (Å²) in [7, 11) is 0. The number of hydrogen-bond donors (Lipinski definition) is 2. The number of fused-ring (bicyclic) bond motifs is 1. The molecule has 0 aliphatic rings. The Morgan fingerprint density at radius 1 is 1.08 bits per heavy atom. The SMILES string of the molecule is CCc1cccc(Nc2nccc(-c3cnc4nc[nH]c4c3)n2)c1. The van der Waals surface area contributed by atoms with Crippen LogP contribution in [0, 0.1) is 0 Å². The number of nitrogens with one attached hydrogen (secondary N) is 2. The Bertz CT molecular complexity index is 991. The van der Waals surface area contributed by atoms with Crippen LogP contribution < -0.4 is 5.32 Å². The fourth-order valence-electron chi connectivity index (χ4n) is 2.55. The fourth-order valence-corrected chi connectivity index (χ4v) is 2.55. The van der Waals surface area contributed by atoms with Gasteiger partial charge in [0.2, 0.25) is 5.95 Å². The molecule has 4 aromatic rings. The van der Waals surface area contributed by atoms with Gasteiger partial charge >= 0.3 is 0 Å². The number of aryl methyl sites for hydroxylation is 1. The molecule has 3 heterocycles. The molecule has 1 aromatic carbocycles. The second kappa shape index (κ2) is 6.08. The van der Waals surface area contributed by atoms with Gasteiger partial charge in [0, 0.05) is 23.6 Å². The van der Waals surface area contributed by atoms with Crippen molar-refractivity contribution in [2.24, 2.45) is 0 Å². The van der Waals surface area contributed by atoms with Crippen LogP contribution in [0.4, 0.5) is 11.6 Å². The van der Waals surface area contributed by atoms with E-state index in [1.165, 1.54) is 5.56 Å². The summed E-state index contributed by atoms with van der Waals surface area (Å²) in [5, 5.41) is 3.26. The summed E-state index contributed by atoms with van der Waals surface area (Å²) in [6.07, 6.45) is 6.14. The van der Waals surface area contributed by atoms with Gasteiger partial charge in [-0.05, 0) is 36.2 Å². The molecule has 0 bridgehead atoms. The van der Waals surface area contributed by atoms with Crippen molar-refractivity contribution in [3.63, 3.8) is 0 Å². The Morgan fingerprint density at radius 3 is 2.96 bits per heavy atom. The molecule has 6 nitrogen and oxygen atoms in total. The number of benzene rings is 1. The van der Waals surface area contributed by atoms with E-state index < -0.39 is 0 Å². The first-order valence-electron chi connectivity index (χ1n) is 7.80. The fraction of sp³-hybridized carbons (Fsp3) is 0.111. The highest BCUT2D eigenvalue weighted by Gasteiger charge is 2.06. The van der Waals surface area contributed by atoms with Gasteiger partial charge in [-0.15, -0.1) is 0 Å². The molecular formula is C18H16N6. The molecule has 0 unspecified atom stereocenters. The molecule has 0 fully saturated rings. The van der Waals surface area contributed by atoms with Crippen LogP contribution in [0.3, 0.4) is 0 Å². The van der Waals surface area contributed by atoms with Gasteiger partial charge in [0.15, 0.2) is 5.65 Å². The number of imidazole rings is 1. The van der Waals surface area contributed by atoms with E-state index in [0.29, 0.717) is 11.6 Å². The molecule has 24 heavy (non-hydrogen) atoms. The summed E-state index contributed by atoms with van der Waals surface area (Å²) in [5.74, 6) is 0.561. The predicted molar refractivity (Wildman–Crippen MR) is 94.0 cm³/mol. The average Bonchev–Trinajstić information content (AvgIpc) is 3.10. The first-order valence-corrected chi connectivity index (χ1v) is 7.80. The summed E-state index contributed by atoms with van der Waals surface area (Å²) < 4.78 is 0. The lowest BCUT2D eigenvalue weighted by molar-refractivity contribution is 1.13. The highest BCUT2D eigenvalue weighted by atomic mass is 15.1. The van der Waals surface area contributed by atoms with Gasteiger partial charge < -0.3 is 10.3 Å². The molecule has 118 valence electrons. The highest BCUT2D eigenvalue weighted by molar-refractivity contribution is 5.76. The molecule has 4 rings (SSSR count). The topological polar surface area (TPSA) is 79.4 Å². The molecule has 0 amide bonds. The number of nitrogens with zero attached hydrogens (tertiary/aromatic N) is 4. The van der Waals surface area contributed by atoms with Crippen LogP contribution in [0.15, 0.2) is 55.1 Å². The lowest BCUT2D eigenvalue weighted by atomic mass is 10.1. The molecular weight excluding hydrogens is 300 g/mol. The summed E-state index contributed by atoms with van der Waals surface area (Å²) >= 11 is 0. The Hall–Kier alpha value is -3.28. The third-order valence-electron chi connectivity index (χ3n) is 3.82. The molecule has 0 radical (unpaired) electrons. The van der Waals surface area contributed by atoms with E-state index in [0.717, 1.165) is 28.9 Å². The largest absolute Gasteiger partial charge is 0.343 e. The monoisotopic (exact) mass is 316 g/mol. The Kier molecular flexibility index (Phi) is 3.63. The van der Waals surface area contributed by atoms with Crippen molar-refractivity contribution in [2.75, 3.05) is 5.32 Å². The zero-order valence-electron chi connectivity index (χ0n) is 13.2. The van der Waals surface area contributed by atoms with Crippen LogP contribution in [0.5, 0.6) is 0 Å². The third-order valence-corrected chi connectivity index (χ3v) is 3.82. The van der Waals surface area contributed by atoms with Crippen molar-refractivity contribution >= 4 is 22.8 Å². The maximum Gasteiger partial charge on any atom is 0.227 e. The van der Waals surface area contributed by atoms with Crippen molar-refractivity contribution < 1.29 is 0 Å². The molecule has 3 aromatic heterocycles. The Labute approximate surface area is 139 Å². The van der Waals surface area contributed by atoms with Gasteiger partial charge in [-0.2, -0.15) is 0 Å². The summed E-state index contributed by atoms with van der Waals surface area (Å²) in [5.41, 5.74) is 5.56. The van der Waals surface area contributed by atoms with E-state index in [-0.39, 0.29) is 0 Å². The van der Waals surface area contributed by atoms with E-state index in [1.807, 2.05) is 24.3 Å². The smallest absolute Gasteiger partial charge is 0.227 e. The maximum atomic E-state index is 4.59. The zero-order chi connectivity index (χ0) is 16.4. The minimum atomic E-state index is 0.561. The number of aromatic nitrogens is 5.